The molecule has 136 valence electrons. The highest BCUT2D eigenvalue weighted by Crippen LogP contribution is 2.17. The third kappa shape index (κ3) is 4.29. The maximum Gasteiger partial charge on any atom is 0.254 e. The third-order valence-electron chi connectivity index (χ3n) is 4.15. The largest absolute Gasteiger partial charge is 0.333 e. The fraction of sp³-hybridized carbons (Fsp3) is 0.158. The molecule has 4 rings (SSSR count). The molecule has 0 aliphatic heterocycles. The molecule has 8 heteroatoms. The Balaban J connectivity index is 1.51. The van der Waals surface area contributed by atoms with Crippen molar-refractivity contribution in [2.45, 2.75) is 13.0 Å². The van der Waals surface area contributed by atoms with E-state index in [1.165, 1.54) is 16.1 Å². The van der Waals surface area contributed by atoms with Gasteiger partial charge in [0.25, 0.3) is 5.91 Å². The smallest absolute Gasteiger partial charge is 0.254 e. The van der Waals surface area contributed by atoms with Crippen LogP contribution in [-0.2, 0) is 13.0 Å². The van der Waals surface area contributed by atoms with Crippen LogP contribution in [0.5, 0.6) is 0 Å². The number of rotatable bonds is 7. The first-order chi connectivity index (χ1) is 13.3. The summed E-state index contributed by atoms with van der Waals surface area (Å²) in [4.78, 5) is 17.5. The molecule has 0 radical (unpaired) electrons. The van der Waals surface area contributed by atoms with Crippen LogP contribution in [0.25, 0.3) is 5.69 Å². The Morgan fingerprint density at radius 1 is 1.00 bits per heavy atom. The number of hydrogen-bond donors (Lipinski definition) is 0. The Morgan fingerprint density at radius 3 is 2.37 bits per heavy atom. The summed E-state index contributed by atoms with van der Waals surface area (Å²) in [5, 5.41) is 15.2. The van der Waals surface area contributed by atoms with Crippen molar-refractivity contribution >= 4 is 28.6 Å². The molecule has 0 aliphatic rings. The maximum absolute atomic E-state index is 13.1. The summed E-state index contributed by atoms with van der Waals surface area (Å²) in [5.74, 6) is 0.0308. The van der Waals surface area contributed by atoms with Crippen molar-refractivity contribution in [1.82, 2.24) is 25.1 Å². The van der Waals surface area contributed by atoms with Gasteiger partial charge in [-0.25, -0.2) is 4.68 Å². The lowest BCUT2D eigenvalue weighted by molar-refractivity contribution is 0.0747. The lowest BCUT2D eigenvalue weighted by Crippen LogP contribution is -2.32. The zero-order valence-electron chi connectivity index (χ0n) is 14.4. The molecule has 0 unspecified atom stereocenters. The summed E-state index contributed by atoms with van der Waals surface area (Å²) < 4.78 is 1.56. The van der Waals surface area contributed by atoms with Crippen molar-refractivity contribution in [1.29, 1.82) is 0 Å². The van der Waals surface area contributed by atoms with Crippen molar-refractivity contribution < 1.29 is 4.79 Å². The number of thiophene rings is 2. The van der Waals surface area contributed by atoms with E-state index < -0.39 is 0 Å². The van der Waals surface area contributed by atoms with E-state index in [1.807, 2.05) is 46.7 Å². The van der Waals surface area contributed by atoms with Crippen molar-refractivity contribution in [3.63, 3.8) is 0 Å². The minimum absolute atomic E-state index is 0.0308. The summed E-state index contributed by atoms with van der Waals surface area (Å²) in [6.07, 6.45) is 2.39. The van der Waals surface area contributed by atoms with Crippen molar-refractivity contribution in [3.05, 3.63) is 80.9 Å². The minimum Gasteiger partial charge on any atom is -0.333 e. The molecule has 6 nitrogen and oxygen atoms in total. The SMILES string of the molecule is O=C(c1ccc(-n2cnnn2)cc1)N(CCc1cccs1)Cc1cccs1. The number of amides is 1. The van der Waals surface area contributed by atoms with E-state index in [9.17, 15) is 4.79 Å². The van der Waals surface area contributed by atoms with Gasteiger partial charge in [-0.05, 0) is 64.0 Å². The molecule has 27 heavy (non-hydrogen) atoms. The van der Waals surface area contributed by atoms with Crippen molar-refractivity contribution in [2.24, 2.45) is 0 Å². The van der Waals surface area contributed by atoms with Crippen molar-refractivity contribution in [2.75, 3.05) is 6.54 Å². The van der Waals surface area contributed by atoms with Crippen LogP contribution in [0.2, 0.25) is 0 Å². The molecule has 4 aromatic rings. The standard InChI is InChI=1S/C19H17N5OS2/c25-19(15-5-7-16(8-6-15)24-14-20-21-22-24)23(13-18-4-2-12-27-18)10-9-17-3-1-11-26-17/h1-8,11-12,14H,9-10,13H2. The van der Waals surface area contributed by atoms with E-state index in [4.69, 9.17) is 0 Å². The monoisotopic (exact) mass is 395 g/mol. The Labute approximate surface area is 164 Å². The molecule has 0 bridgehead atoms. The topological polar surface area (TPSA) is 63.9 Å². The number of benzene rings is 1. The van der Waals surface area contributed by atoms with Crippen LogP contribution >= 0.6 is 22.7 Å². The van der Waals surface area contributed by atoms with Gasteiger partial charge in [0.2, 0.25) is 0 Å². The average Bonchev–Trinajstić information content (AvgIpc) is 3.48. The van der Waals surface area contributed by atoms with Crippen LogP contribution in [0.3, 0.4) is 0 Å². The van der Waals surface area contributed by atoms with E-state index >= 15 is 0 Å². The van der Waals surface area contributed by atoms with Gasteiger partial charge >= 0.3 is 0 Å². The van der Waals surface area contributed by atoms with Crippen LogP contribution in [0.4, 0.5) is 0 Å². The first-order valence-electron chi connectivity index (χ1n) is 8.47. The molecule has 3 aromatic heterocycles. The van der Waals surface area contributed by atoms with Gasteiger partial charge in [-0.2, -0.15) is 0 Å². The number of carbonyl (C=O) groups is 1. The number of tetrazole rings is 1. The van der Waals surface area contributed by atoms with Crippen LogP contribution in [0.15, 0.2) is 65.6 Å². The minimum atomic E-state index is 0.0308. The first kappa shape index (κ1) is 17.6. The second-order valence-corrected chi connectivity index (χ2v) is 8.00. The summed E-state index contributed by atoms with van der Waals surface area (Å²) in [5.41, 5.74) is 1.48. The number of hydrogen-bond acceptors (Lipinski definition) is 6. The summed E-state index contributed by atoms with van der Waals surface area (Å²) in [7, 11) is 0. The molecule has 0 saturated carbocycles. The molecular formula is C19H17N5OS2. The fourth-order valence-electron chi connectivity index (χ4n) is 2.76. The third-order valence-corrected chi connectivity index (χ3v) is 5.95. The molecule has 3 heterocycles. The van der Waals surface area contributed by atoms with Gasteiger partial charge in [0.15, 0.2) is 0 Å². The molecular weight excluding hydrogens is 378 g/mol. The molecule has 0 aliphatic carbocycles. The quantitative estimate of drug-likeness (QED) is 0.479. The van der Waals surface area contributed by atoms with Gasteiger partial charge in [-0.3, -0.25) is 4.79 Å². The molecule has 1 amide bonds. The van der Waals surface area contributed by atoms with Gasteiger partial charge in [-0.15, -0.1) is 27.8 Å². The molecule has 0 N–H and O–H groups in total. The molecule has 0 atom stereocenters. The van der Waals surface area contributed by atoms with E-state index in [0.29, 0.717) is 18.7 Å². The maximum atomic E-state index is 13.1. The van der Waals surface area contributed by atoms with Crippen LogP contribution in [-0.4, -0.2) is 37.6 Å². The normalized spacial score (nSPS) is 10.8. The molecule has 0 saturated heterocycles. The van der Waals surface area contributed by atoms with Crippen LogP contribution < -0.4 is 0 Å². The van der Waals surface area contributed by atoms with Gasteiger partial charge in [0, 0.05) is 21.9 Å². The number of carbonyl (C=O) groups excluding carboxylic acids is 1. The molecule has 0 spiro atoms. The Bertz CT molecular complexity index is 964. The first-order valence-corrected chi connectivity index (χ1v) is 10.2. The highest BCUT2D eigenvalue weighted by molar-refractivity contribution is 7.10. The van der Waals surface area contributed by atoms with E-state index in [1.54, 1.807) is 27.4 Å². The average molecular weight is 396 g/mol. The lowest BCUT2D eigenvalue weighted by Gasteiger charge is -2.22. The van der Waals surface area contributed by atoms with Gasteiger partial charge in [-0.1, -0.05) is 12.1 Å². The zero-order chi connectivity index (χ0) is 18.5. The van der Waals surface area contributed by atoms with Crippen molar-refractivity contribution in [3.8, 4) is 5.69 Å². The van der Waals surface area contributed by atoms with Gasteiger partial charge < -0.3 is 4.90 Å². The van der Waals surface area contributed by atoms with Gasteiger partial charge in [0.05, 0.1) is 12.2 Å². The van der Waals surface area contributed by atoms with E-state index in [0.717, 1.165) is 12.1 Å². The van der Waals surface area contributed by atoms with E-state index in [-0.39, 0.29) is 5.91 Å². The van der Waals surface area contributed by atoms with Gasteiger partial charge in [0.1, 0.15) is 6.33 Å². The zero-order valence-corrected chi connectivity index (χ0v) is 16.1. The number of aromatic nitrogens is 4. The Morgan fingerprint density at radius 2 is 1.74 bits per heavy atom. The Hall–Kier alpha value is -2.84. The molecule has 1 aromatic carbocycles. The highest BCUT2D eigenvalue weighted by Gasteiger charge is 2.17. The molecule has 0 fully saturated rings. The highest BCUT2D eigenvalue weighted by atomic mass is 32.1. The predicted octanol–water partition coefficient (Wildman–Crippen LogP) is 3.67. The fourth-order valence-corrected chi connectivity index (χ4v) is 4.18. The summed E-state index contributed by atoms with van der Waals surface area (Å²) >= 11 is 3.40. The van der Waals surface area contributed by atoms with Crippen LogP contribution in [0.1, 0.15) is 20.1 Å². The Kier molecular flexibility index (Phi) is 5.36. The number of nitrogens with zero attached hydrogens (tertiary/aromatic N) is 5. The summed E-state index contributed by atoms with van der Waals surface area (Å²) in [6, 6.07) is 15.6. The van der Waals surface area contributed by atoms with E-state index in [2.05, 4.69) is 33.0 Å². The second-order valence-electron chi connectivity index (χ2n) is 5.94. The second kappa shape index (κ2) is 8.24. The lowest BCUT2D eigenvalue weighted by atomic mass is 10.1. The van der Waals surface area contributed by atoms with Crippen LogP contribution in [0, 0.1) is 0 Å². The summed E-state index contributed by atoms with van der Waals surface area (Å²) in [6.45, 7) is 1.31. The predicted molar refractivity (Wildman–Crippen MR) is 106 cm³/mol.